The Balaban J connectivity index is 1.45. The fourth-order valence-corrected chi connectivity index (χ4v) is 5.09. The van der Waals surface area contributed by atoms with Crippen molar-refractivity contribution in [2.45, 2.75) is 0 Å². The van der Waals surface area contributed by atoms with E-state index in [0.29, 0.717) is 11.6 Å². The van der Waals surface area contributed by atoms with Gasteiger partial charge in [0, 0.05) is 21.9 Å². The topological polar surface area (TPSA) is 51.8 Å². The van der Waals surface area contributed by atoms with Gasteiger partial charge < -0.3 is 4.42 Å². The summed E-state index contributed by atoms with van der Waals surface area (Å²) in [6, 6.07) is 36.7. The third-order valence-corrected chi connectivity index (χ3v) is 6.67. The lowest BCUT2D eigenvalue weighted by Crippen LogP contribution is -1.98. The summed E-state index contributed by atoms with van der Waals surface area (Å²) in [6.45, 7) is 0. The second-order valence-corrected chi connectivity index (χ2v) is 8.94. The van der Waals surface area contributed by atoms with Crippen molar-refractivity contribution in [2.75, 3.05) is 0 Å². The summed E-state index contributed by atoms with van der Waals surface area (Å²) in [7, 11) is 0. The van der Waals surface area contributed by atoms with Gasteiger partial charge in [0.05, 0.1) is 0 Å². The minimum atomic E-state index is 0.149. The lowest BCUT2D eigenvalue weighted by atomic mass is 9.95. The van der Waals surface area contributed by atoms with E-state index in [1.54, 1.807) is 0 Å². The first-order valence-corrected chi connectivity index (χ1v) is 12.0. The molecule has 2 aromatic heterocycles. The van der Waals surface area contributed by atoms with Gasteiger partial charge in [0.2, 0.25) is 5.28 Å². The van der Waals surface area contributed by atoms with E-state index in [9.17, 15) is 0 Å². The highest BCUT2D eigenvalue weighted by Gasteiger charge is 2.17. The summed E-state index contributed by atoms with van der Waals surface area (Å²) in [6.07, 6.45) is 0. The highest BCUT2D eigenvalue weighted by atomic mass is 35.5. The van der Waals surface area contributed by atoms with Crippen LogP contribution in [0.4, 0.5) is 0 Å². The van der Waals surface area contributed by atoms with Crippen LogP contribution in [-0.4, -0.2) is 15.0 Å². The summed E-state index contributed by atoms with van der Waals surface area (Å²) in [5.41, 5.74) is 5.68. The Hall–Kier alpha value is -4.54. The molecule has 0 aliphatic rings. The molecule has 0 fully saturated rings. The third kappa shape index (κ3) is 3.35. The van der Waals surface area contributed by atoms with E-state index in [4.69, 9.17) is 21.0 Å². The first kappa shape index (κ1) is 20.8. The number of aromatic nitrogens is 3. The van der Waals surface area contributed by atoms with Gasteiger partial charge in [-0.05, 0) is 45.6 Å². The molecule has 0 aliphatic carbocycles. The van der Waals surface area contributed by atoms with Crippen molar-refractivity contribution >= 4 is 44.3 Å². The Kier molecular flexibility index (Phi) is 4.79. The van der Waals surface area contributed by atoms with Crippen LogP contribution in [0.3, 0.4) is 0 Å². The van der Waals surface area contributed by atoms with Crippen LogP contribution < -0.4 is 0 Å². The van der Waals surface area contributed by atoms with Crippen LogP contribution in [0.2, 0.25) is 5.28 Å². The Morgan fingerprint density at radius 1 is 0.472 bits per heavy atom. The molecule has 0 unspecified atom stereocenters. The number of halogens is 1. The minimum absolute atomic E-state index is 0.149. The van der Waals surface area contributed by atoms with Gasteiger partial charge in [-0.25, -0.2) is 4.98 Å². The zero-order valence-electron chi connectivity index (χ0n) is 19.0. The van der Waals surface area contributed by atoms with Crippen LogP contribution in [-0.2, 0) is 0 Å². The van der Waals surface area contributed by atoms with E-state index in [2.05, 4.69) is 58.5 Å². The highest BCUT2D eigenvalue weighted by molar-refractivity contribution is 6.28. The predicted molar refractivity (Wildman–Crippen MR) is 146 cm³/mol. The van der Waals surface area contributed by atoms with Gasteiger partial charge in [0.15, 0.2) is 11.6 Å². The number of benzene rings is 5. The summed E-state index contributed by atoms with van der Waals surface area (Å²) < 4.78 is 6.07. The van der Waals surface area contributed by atoms with Gasteiger partial charge in [0.25, 0.3) is 0 Å². The molecule has 4 nitrogen and oxygen atoms in total. The average Bonchev–Trinajstić information content (AvgIpc) is 3.31. The summed E-state index contributed by atoms with van der Waals surface area (Å²) >= 11 is 6.49. The number of hydrogen-bond acceptors (Lipinski definition) is 4. The summed E-state index contributed by atoms with van der Waals surface area (Å²) in [4.78, 5) is 14.0. The first-order valence-electron chi connectivity index (χ1n) is 11.7. The van der Waals surface area contributed by atoms with Crippen molar-refractivity contribution in [3.63, 3.8) is 0 Å². The molecule has 0 atom stereocenters. The van der Waals surface area contributed by atoms with Crippen LogP contribution in [0.25, 0.3) is 66.6 Å². The van der Waals surface area contributed by atoms with Gasteiger partial charge >= 0.3 is 0 Å². The molecule has 0 aliphatic heterocycles. The number of hydrogen-bond donors (Lipinski definition) is 0. The van der Waals surface area contributed by atoms with Crippen LogP contribution in [0.5, 0.6) is 0 Å². The summed E-state index contributed by atoms with van der Waals surface area (Å²) in [5, 5.41) is 4.31. The van der Waals surface area contributed by atoms with E-state index < -0.39 is 0 Å². The van der Waals surface area contributed by atoms with Gasteiger partial charge in [-0.1, -0.05) is 97.1 Å². The van der Waals surface area contributed by atoms with Crippen molar-refractivity contribution in [3.8, 4) is 33.9 Å². The normalized spacial score (nSPS) is 11.5. The maximum atomic E-state index is 6.49. The van der Waals surface area contributed by atoms with Gasteiger partial charge in [-0.3, -0.25) is 0 Å². The Morgan fingerprint density at radius 2 is 1.06 bits per heavy atom. The molecular weight excluding hydrogens is 466 g/mol. The first-order chi connectivity index (χ1) is 17.8. The zero-order valence-corrected chi connectivity index (χ0v) is 19.8. The van der Waals surface area contributed by atoms with Crippen LogP contribution >= 0.6 is 11.6 Å². The molecule has 0 spiro atoms. The summed E-state index contributed by atoms with van der Waals surface area (Å²) in [5.74, 6) is 1.05. The van der Waals surface area contributed by atoms with E-state index in [1.807, 2.05) is 60.7 Å². The lowest BCUT2D eigenvalue weighted by molar-refractivity contribution is 0.669. The average molecular weight is 484 g/mol. The van der Waals surface area contributed by atoms with Crippen molar-refractivity contribution < 1.29 is 4.42 Å². The number of rotatable bonds is 3. The SMILES string of the molecule is Clc1nc(-c2cccc3c(-c4ccccc4)cccc23)nc(-c2cccc3oc4ccccc4c23)n1. The highest BCUT2D eigenvalue weighted by Crippen LogP contribution is 2.37. The molecule has 36 heavy (non-hydrogen) atoms. The quantitative estimate of drug-likeness (QED) is 0.252. The minimum Gasteiger partial charge on any atom is -0.456 e. The molecule has 0 saturated carbocycles. The zero-order chi connectivity index (χ0) is 24.1. The number of para-hydroxylation sites is 1. The lowest BCUT2D eigenvalue weighted by Gasteiger charge is -2.11. The van der Waals surface area contributed by atoms with Crippen molar-refractivity contribution in [2.24, 2.45) is 0 Å². The van der Waals surface area contributed by atoms with Gasteiger partial charge in [-0.15, -0.1) is 0 Å². The fraction of sp³-hybridized carbons (Fsp3) is 0. The largest absolute Gasteiger partial charge is 0.456 e. The Labute approximate surface area is 211 Å². The Bertz CT molecular complexity index is 1910. The fourth-order valence-electron chi connectivity index (χ4n) is 4.93. The molecule has 0 saturated heterocycles. The number of nitrogens with zero attached hydrogens (tertiary/aromatic N) is 3. The van der Waals surface area contributed by atoms with Crippen molar-refractivity contribution in [1.29, 1.82) is 0 Å². The molecule has 0 amide bonds. The van der Waals surface area contributed by atoms with E-state index in [-0.39, 0.29) is 5.28 Å². The van der Waals surface area contributed by atoms with Gasteiger partial charge in [-0.2, -0.15) is 9.97 Å². The maximum absolute atomic E-state index is 6.49. The molecular formula is C31H18ClN3O. The van der Waals surface area contributed by atoms with Crippen LogP contribution in [0.1, 0.15) is 0 Å². The van der Waals surface area contributed by atoms with Gasteiger partial charge in [0.1, 0.15) is 11.2 Å². The van der Waals surface area contributed by atoms with E-state index >= 15 is 0 Å². The number of furan rings is 1. The third-order valence-electron chi connectivity index (χ3n) is 6.50. The molecule has 7 rings (SSSR count). The molecule has 170 valence electrons. The predicted octanol–water partition coefficient (Wildman–Crippen LogP) is 8.58. The standard InChI is InChI=1S/C31H18ClN3O/c32-31-34-29(23-15-7-13-21-20(12-6-14-22(21)23)19-9-2-1-3-10-19)33-30(35-31)25-16-8-18-27-28(25)24-11-4-5-17-26(24)36-27/h1-18H. The molecule has 2 heterocycles. The smallest absolute Gasteiger partial charge is 0.226 e. The molecule has 0 bridgehead atoms. The molecule has 5 aromatic carbocycles. The second kappa shape index (κ2) is 8.29. The van der Waals surface area contributed by atoms with E-state index in [0.717, 1.165) is 55.0 Å². The molecule has 7 aromatic rings. The Morgan fingerprint density at radius 3 is 1.89 bits per heavy atom. The second-order valence-electron chi connectivity index (χ2n) is 8.60. The van der Waals surface area contributed by atoms with E-state index in [1.165, 1.54) is 0 Å². The van der Waals surface area contributed by atoms with Crippen LogP contribution in [0.15, 0.2) is 114 Å². The molecule has 0 radical (unpaired) electrons. The molecule has 0 N–H and O–H groups in total. The monoisotopic (exact) mass is 483 g/mol. The van der Waals surface area contributed by atoms with Crippen molar-refractivity contribution in [3.05, 3.63) is 114 Å². The molecule has 5 heteroatoms. The number of fused-ring (bicyclic) bond motifs is 4. The van der Waals surface area contributed by atoms with Crippen molar-refractivity contribution in [1.82, 2.24) is 15.0 Å². The maximum Gasteiger partial charge on any atom is 0.226 e. The van der Waals surface area contributed by atoms with Crippen LogP contribution in [0, 0.1) is 0 Å².